The molecule has 0 saturated carbocycles. The summed E-state index contributed by atoms with van der Waals surface area (Å²) in [6, 6.07) is 7.22. The molecule has 1 aliphatic heterocycles. The van der Waals surface area contributed by atoms with Crippen LogP contribution in [0.25, 0.3) is 28.0 Å². The first-order valence-corrected chi connectivity index (χ1v) is 14.3. The molecule has 5 rings (SSSR count). The first-order chi connectivity index (χ1) is 19.9. The number of carbonyl (C=O) groups is 1. The lowest BCUT2D eigenvalue weighted by molar-refractivity contribution is 0.128. The molecule has 0 radical (unpaired) electrons. The summed E-state index contributed by atoms with van der Waals surface area (Å²) in [5.41, 5.74) is 1.77. The maximum Gasteiger partial charge on any atom is 0.407 e. The van der Waals surface area contributed by atoms with Gasteiger partial charge in [0, 0.05) is 30.7 Å². The van der Waals surface area contributed by atoms with Gasteiger partial charge in [-0.25, -0.2) is 33.5 Å². The van der Waals surface area contributed by atoms with Crippen molar-refractivity contribution in [1.82, 2.24) is 29.4 Å². The fraction of sp³-hybridized carbons (Fsp3) is 0.400. The van der Waals surface area contributed by atoms with E-state index in [2.05, 4.69) is 15.0 Å². The zero-order chi connectivity index (χ0) is 30.5. The zero-order valence-corrected chi connectivity index (χ0v) is 25.1. The molecule has 1 aliphatic rings. The Morgan fingerprint density at radius 2 is 1.62 bits per heavy atom. The van der Waals surface area contributed by atoms with Crippen LogP contribution in [0.4, 0.5) is 15.0 Å². The number of hydrogen-bond acceptors (Lipinski definition) is 7. The Morgan fingerprint density at radius 3 is 2.17 bits per heavy atom. The van der Waals surface area contributed by atoms with E-state index < -0.39 is 17.6 Å². The number of rotatable bonds is 5. The van der Waals surface area contributed by atoms with Gasteiger partial charge in [0.15, 0.2) is 5.65 Å². The minimum Gasteiger partial charge on any atom is -0.465 e. The number of hydrogen-bond donors (Lipinski definition) is 1. The second-order valence-electron chi connectivity index (χ2n) is 11.3. The van der Waals surface area contributed by atoms with E-state index >= 15 is 4.39 Å². The number of halogens is 2. The van der Waals surface area contributed by atoms with Crippen molar-refractivity contribution in [3.05, 3.63) is 69.4 Å². The Balaban J connectivity index is 1.89. The van der Waals surface area contributed by atoms with Crippen molar-refractivity contribution in [2.75, 3.05) is 18.0 Å². The number of nitrogens with zero attached hydrogens (tertiary/aromatic N) is 7. The van der Waals surface area contributed by atoms with Crippen LogP contribution < -0.4 is 10.6 Å². The molecule has 3 aromatic heterocycles. The average Bonchev–Trinajstić information content (AvgIpc) is 2.92. The summed E-state index contributed by atoms with van der Waals surface area (Å²) in [4.78, 5) is 47.7. The molecule has 4 aromatic rings. The summed E-state index contributed by atoms with van der Waals surface area (Å²) in [6.07, 6.45) is 0.483. The maximum atomic E-state index is 15.0. The van der Waals surface area contributed by atoms with E-state index in [1.54, 1.807) is 24.3 Å². The van der Waals surface area contributed by atoms with Crippen molar-refractivity contribution in [1.29, 1.82) is 0 Å². The van der Waals surface area contributed by atoms with Gasteiger partial charge in [-0.1, -0.05) is 51.4 Å². The van der Waals surface area contributed by atoms with Crippen LogP contribution in [-0.4, -0.2) is 65.8 Å². The number of carboxylic acid groups (broad SMARTS) is 1. The van der Waals surface area contributed by atoms with E-state index in [0.29, 0.717) is 28.3 Å². The number of pyridine rings is 1. The van der Waals surface area contributed by atoms with Gasteiger partial charge >= 0.3 is 11.8 Å². The SMILES string of the molecule is CC(C)c1ncnc(C(C)C)c1-n1c(=O)nc(N2[C@@H](C)CN(C(=O)O)C[C@@H]2C)c2cc(Cl)c(-c3ccccc3F)nc21. The third kappa shape index (κ3) is 5.06. The van der Waals surface area contributed by atoms with Crippen molar-refractivity contribution < 1.29 is 14.3 Å². The van der Waals surface area contributed by atoms with Gasteiger partial charge in [0.2, 0.25) is 0 Å². The summed E-state index contributed by atoms with van der Waals surface area (Å²) in [6.45, 7) is 12.1. The Hall–Kier alpha value is -4.12. The number of benzene rings is 1. The average molecular weight is 594 g/mol. The fourth-order valence-corrected chi connectivity index (χ4v) is 5.98. The maximum absolute atomic E-state index is 15.0. The molecule has 10 nitrogen and oxygen atoms in total. The second kappa shape index (κ2) is 11.3. The summed E-state index contributed by atoms with van der Waals surface area (Å²) in [5.74, 6) is -0.302. The lowest BCUT2D eigenvalue weighted by Gasteiger charge is -2.44. The van der Waals surface area contributed by atoms with E-state index in [4.69, 9.17) is 16.6 Å². The minimum atomic E-state index is -1.01. The predicted molar refractivity (Wildman–Crippen MR) is 160 cm³/mol. The third-order valence-electron chi connectivity index (χ3n) is 7.56. The van der Waals surface area contributed by atoms with Gasteiger partial charge in [-0.3, -0.25) is 0 Å². The molecule has 1 amide bonds. The van der Waals surface area contributed by atoms with Crippen LogP contribution in [0.5, 0.6) is 0 Å². The molecule has 1 fully saturated rings. The Morgan fingerprint density at radius 1 is 1.02 bits per heavy atom. The van der Waals surface area contributed by atoms with Gasteiger partial charge in [0.25, 0.3) is 0 Å². The zero-order valence-electron chi connectivity index (χ0n) is 24.3. The summed E-state index contributed by atoms with van der Waals surface area (Å²) in [7, 11) is 0. The largest absolute Gasteiger partial charge is 0.465 e. The number of amides is 1. The highest BCUT2D eigenvalue weighted by atomic mass is 35.5. The van der Waals surface area contributed by atoms with E-state index in [1.165, 1.54) is 21.9 Å². The second-order valence-corrected chi connectivity index (χ2v) is 11.7. The van der Waals surface area contributed by atoms with Gasteiger partial charge in [-0.05, 0) is 43.9 Å². The molecular formula is C30H33ClFN7O3. The Bertz CT molecular complexity index is 1700. The third-order valence-corrected chi connectivity index (χ3v) is 7.85. The van der Waals surface area contributed by atoms with Crippen molar-refractivity contribution >= 4 is 34.5 Å². The predicted octanol–water partition coefficient (Wildman–Crippen LogP) is 5.85. The first-order valence-electron chi connectivity index (χ1n) is 13.9. The fourth-order valence-electron chi connectivity index (χ4n) is 5.72. The van der Waals surface area contributed by atoms with Crippen LogP contribution in [-0.2, 0) is 0 Å². The molecule has 220 valence electrons. The van der Waals surface area contributed by atoms with Crippen LogP contribution in [0.1, 0.15) is 64.8 Å². The van der Waals surface area contributed by atoms with E-state index in [-0.39, 0.29) is 58.9 Å². The molecule has 0 unspecified atom stereocenters. The summed E-state index contributed by atoms with van der Waals surface area (Å²) >= 11 is 6.79. The summed E-state index contributed by atoms with van der Waals surface area (Å²) in [5, 5.41) is 10.3. The van der Waals surface area contributed by atoms with Crippen LogP contribution in [0.15, 0.2) is 41.5 Å². The Labute approximate surface area is 247 Å². The highest BCUT2D eigenvalue weighted by Gasteiger charge is 2.35. The number of fused-ring (bicyclic) bond motifs is 1. The standard InChI is InChI=1S/C30H33ClFN7O3/c1-15(2)23-26(24(16(3)4)34-14-33-23)39-27-20(11-21(31)25(35-27)19-9-7-8-10-22(19)32)28(36-29(39)40)38-17(5)12-37(30(41)42)13-18(38)6/h7-11,14-18H,12-13H2,1-6H3,(H,41,42)/t17-,18-/m0/s1. The molecule has 1 saturated heterocycles. The van der Waals surface area contributed by atoms with Gasteiger partial charge in [-0.2, -0.15) is 4.98 Å². The van der Waals surface area contributed by atoms with Crippen molar-refractivity contribution in [3.63, 3.8) is 0 Å². The van der Waals surface area contributed by atoms with Crippen molar-refractivity contribution in [2.24, 2.45) is 0 Å². The molecule has 42 heavy (non-hydrogen) atoms. The highest BCUT2D eigenvalue weighted by Crippen LogP contribution is 2.37. The van der Waals surface area contributed by atoms with Gasteiger partial charge in [0.1, 0.15) is 18.0 Å². The highest BCUT2D eigenvalue weighted by molar-refractivity contribution is 6.33. The lowest BCUT2D eigenvalue weighted by Crippen LogP contribution is -2.58. The molecule has 4 heterocycles. The van der Waals surface area contributed by atoms with Crippen LogP contribution in [0.3, 0.4) is 0 Å². The molecule has 1 N–H and O–H groups in total. The number of aromatic nitrogens is 5. The van der Waals surface area contributed by atoms with Crippen LogP contribution >= 0.6 is 11.6 Å². The topological polar surface area (TPSA) is 117 Å². The van der Waals surface area contributed by atoms with Crippen molar-refractivity contribution in [2.45, 2.75) is 65.5 Å². The lowest BCUT2D eigenvalue weighted by atomic mass is 10.0. The molecular weight excluding hydrogens is 561 g/mol. The van der Waals surface area contributed by atoms with Gasteiger partial charge in [0.05, 0.1) is 33.2 Å². The van der Waals surface area contributed by atoms with E-state index in [9.17, 15) is 14.7 Å². The first kappa shape index (κ1) is 29.4. The molecule has 0 bridgehead atoms. The monoisotopic (exact) mass is 593 g/mol. The minimum absolute atomic E-state index is 0.0652. The molecule has 2 atom stereocenters. The molecule has 0 spiro atoms. The van der Waals surface area contributed by atoms with Crippen molar-refractivity contribution in [3.8, 4) is 16.9 Å². The smallest absolute Gasteiger partial charge is 0.407 e. The van der Waals surface area contributed by atoms with Crippen LogP contribution in [0, 0.1) is 5.82 Å². The Kier molecular flexibility index (Phi) is 7.89. The quantitative estimate of drug-likeness (QED) is 0.306. The molecule has 0 aliphatic carbocycles. The summed E-state index contributed by atoms with van der Waals surface area (Å²) < 4.78 is 16.4. The van der Waals surface area contributed by atoms with Gasteiger partial charge < -0.3 is 14.9 Å². The van der Waals surface area contributed by atoms with E-state index in [1.807, 2.05) is 46.4 Å². The van der Waals surface area contributed by atoms with E-state index in [0.717, 1.165) is 0 Å². The number of piperazine rings is 1. The normalized spacial score (nSPS) is 17.5. The number of anilines is 1. The molecule has 12 heteroatoms. The van der Waals surface area contributed by atoms with Gasteiger partial charge in [-0.15, -0.1) is 0 Å². The molecule has 1 aromatic carbocycles. The van der Waals surface area contributed by atoms with Crippen LogP contribution in [0.2, 0.25) is 5.02 Å².